The number of benzene rings is 1. The summed E-state index contributed by atoms with van der Waals surface area (Å²) in [6.07, 6.45) is 1.75. The lowest BCUT2D eigenvalue weighted by Gasteiger charge is -2.04. The first-order valence-electron chi connectivity index (χ1n) is 4.38. The molecule has 1 heterocycles. The van der Waals surface area contributed by atoms with Crippen LogP contribution in [0.1, 0.15) is 0 Å². The van der Waals surface area contributed by atoms with Gasteiger partial charge in [-0.1, -0.05) is 11.6 Å². The van der Waals surface area contributed by atoms with Gasteiger partial charge in [0.1, 0.15) is 5.82 Å². The molecule has 0 spiro atoms. The molecule has 0 atom stereocenters. The Hall–Kier alpha value is -1.06. The van der Waals surface area contributed by atoms with Gasteiger partial charge in [0, 0.05) is 21.4 Å². The molecule has 2 nitrogen and oxygen atoms in total. The summed E-state index contributed by atoms with van der Waals surface area (Å²) in [5, 5.41) is 3.89. The zero-order valence-corrected chi connectivity index (χ0v) is 10.1. The van der Waals surface area contributed by atoms with E-state index in [9.17, 15) is 0 Å². The second kappa shape index (κ2) is 4.64. The van der Waals surface area contributed by atoms with E-state index in [1.165, 1.54) is 0 Å². The van der Waals surface area contributed by atoms with Gasteiger partial charge in [-0.25, -0.2) is 4.98 Å². The van der Waals surface area contributed by atoms with E-state index >= 15 is 0 Å². The second-order valence-electron chi connectivity index (χ2n) is 2.99. The van der Waals surface area contributed by atoms with Crippen LogP contribution in [0.15, 0.2) is 47.1 Å². The van der Waals surface area contributed by atoms with E-state index in [0.29, 0.717) is 0 Å². The van der Waals surface area contributed by atoms with E-state index < -0.39 is 0 Å². The average Bonchev–Trinajstić information content (AvgIpc) is 2.25. The molecule has 0 radical (unpaired) electrons. The van der Waals surface area contributed by atoms with Gasteiger partial charge < -0.3 is 5.32 Å². The number of aromatic nitrogens is 1. The average molecular weight is 284 g/mol. The molecule has 2 rings (SSSR count). The van der Waals surface area contributed by atoms with Crippen LogP contribution in [0.5, 0.6) is 0 Å². The molecule has 1 aromatic heterocycles. The molecule has 1 N–H and O–H groups in total. The van der Waals surface area contributed by atoms with Crippen LogP contribution in [0.3, 0.4) is 0 Å². The summed E-state index contributed by atoms with van der Waals surface area (Å²) in [6, 6.07) is 11.3. The molecule has 4 heteroatoms. The third-order valence-corrected chi connectivity index (χ3v) is 2.57. The van der Waals surface area contributed by atoms with Gasteiger partial charge in [0.05, 0.1) is 0 Å². The minimum atomic E-state index is 0.726. The van der Waals surface area contributed by atoms with Gasteiger partial charge in [-0.3, -0.25) is 0 Å². The number of halogens is 2. The summed E-state index contributed by atoms with van der Waals surface area (Å²) >= 11 is 9.12. The van der Waals surface area contributed by atoms with Crippen LogP contribution in [-0.4, -0.2) is 4.98 Å². The number of nitrogens with zero attached hydrogens (tertiary/aromatic N) is 1. The van der Waals surface area contributed by atoms with Crippen molar-refractivity contribution in [3.63, 3.8) is 0 Å². The first kappa shape index (κ1) is 10.5. The lowest BCUT2D eigenvalue weighted by molar-refractivity contribution is 1.29. The molecule has 0 aliphatic heterocycles. The van der Waals surface area contributed by atoms with Crippen molar-refractivity contribution in [1.29, 1.82) is 0 Å². The molecular formula is C11H8BrClN2. The highest BCUT2D eigenvalue weighted by atomic mass is 79.9. The summed E-state index contributed by atoms with van der Waals surface area (Å²) in [6.45, 7) is 0. The third-order valence-electron chi connectivity index (χ3n) is 1.84. The highest BCUT2D eigenvalue weighted by Gasteiger charge is 1.95. The van der Waals surface area contributed by atoms with Gasteiger partial charge in [0.2, 0.25) is 0 Å². The SMILES string of the molecule is Clc1ccc(Nc2ccc(Br)cn2)cc1. The maximum absolute atomic E-state index is 5.79. The Labute approximate surface area is 101 Å². The van der Waals surface area contributed by atoms with Gasteiger partial charge in [0.15, 0.2) is 0 Å². The summed E-state index contributed by atoms with van der Waals surface area (Å²) in [7, 11) is 0. The van der Waals surface area contributed by atoms with Crippen molar-refractivity contribution in [2.45, 2.75) is 0 Å². The van der Waals surface area contributed by atoms with E-state index in [1.54, 1.807) is 6.20 Å². The van der Waals surface area contributed by atoms with E-state index in [-0.39, 0.29) is 0 Å². The molecule has 0 fully saturated rings. The first-order valence-corrected chi connectivity index (χ1v) is 5.55. The van der Waals surface area contributed by atoms with Crippen LogP contribution in [0.2, 0.25) is 5.02 Å². The molecular weight excluding hydrogens is 275 g/mol. The molecule has 0 unspecified atom stereocenters. The quantitative estimate of drug-likeness (QED) is 0.891. The van der Waals surface area contributed by atoms with Crippen molar-refractivity contribution in [1.82, 2.24) is 4.98 Å². The summed E-state index contributed by atoms with van der Waals surface area (Å²) in [5.74, 6) is 0.806. The minimum absolute atomic E-state index is 0.726. The summed E-state index contributed by atoms with van der Waals surface area (Å²) < 4.78 is 0.962. The lowest BCUT2D eigenvalue weighted by atomic mass is 10.3. The summed E-state index contributed by atoms with van der Waals surface area (Å²) in [5.41, 5.74) is 0.967. The highest BCUT2D eigenvalue weighted by Crippen LogP contribution is 2.18. The van der Waals surface area contributed by atoms with Crippen molar-refractivity contribution < 1.29 is 0 Å². The van der Waals surface area contributed by atoms with Gasteiger partial charge in [-0.15, -0.1) is 0 Å². The maximum Gasteiger partial charge on any atom is 0.130 e. The van der Waals surface area contributed by atoms with E-state index in [1.807, 2.05) is 36.4 Å². The van der Waals surface area contributed by atoms with Gasteiger partial charge in [-0.05, 0) is 52.3 Å². The number of anilines is 2. The number of pyridine rings is 1. The monoisotopic (exact) mass is 282 g/mol. The Morgan fingerprint density at radius 3 is 2.40 bits per heavy atom. The molecule has 0 aliphatic rings. The molecule has 0 saturated heterocycles. The molecule has 1 aromatic carbocycles. The third kappa shape index (κ3) is 2.94. The molecule has 0 saturated carbocycles. The number of hydrogen-bond donors (Lipinski definition) is 1. The number of rotatable bonds is 2. The van der Waals surface area contributed by atoms with E-state index in [2.05, 4.69) is 26.2 Å². The largest absolute Gasteiger partial charge is 0.340 e. The van der Waals surface area contributed by atoms with E-state index in [0.717, 1.165) is 21.0 Å². The van der Waals surface area contributed by atoms with Crippen LogP contribution in [0, 0.1) is 0 Å². The minimum Gasteiger partial charge on any atom is -0.340 e. The normalized spacial score (nSPS) is 10.0. The number of hydrogen-bond acceptors (Lipinski definition) is 2. The Morgan fingerprint density at radius 2 is 1.80 bits per heavy atom. The molecule has 15 heavy (non-hydrogen) atoms. The predicted octanol–water partition coefficient (Wildman–Crippen LogP) is 4.24. The Morgan fingerprint density at radius 1 is 1.07 bits per heavy atom. The molecule has 2 aromatic rings. The maximum atomic E-state index is 5.79. The van der Waals surface area contributed by atoms with Gasteiger partial charge in [0.25, 0.3) is 0 Å². The summed E-state index contributed by atoms with van der Waals surface area (Å²) in [4.78, 5) is 4.21. The number of nitrogens with one attached hydrogen (secondary N) is 1. The molecule has 0 aliphatic carbocycles. The van der Waals surface area contributed by atoms with E-state index in [4.69, 9.17) is 11.6 Å². The fourth-order valence-electron chi connectivity index (χ4n) is 1.13. The zero-order chi connectivity index (χ0) is 10.7. The predicted molar refractivity (Wildman–Crippen MR) is 66.7 cm³/mol. The zero-order valence-electron chi connectivity index (χ0n) is 7.74. The van der Waals surface area contributed by atoms with Crippen molar-refractivity contribution in [3.05, 3.63) is 52.1 Å². The fraction of sp³-hybridized carbons (Fsp3) is 0. The Kier molecular flexibility index (Phi) is 3.23. The molecule has 0 amide bonds. The topological polar surface area (TPSA) is 24.9 Å². The van der Waals surface area contributed by atoms with Crippen molar-refractivity contribution in [2.75, 3.05) is 5.32 Å². The standard InChI is InChI=1S/C11H8BrClN2/c12-8-1-6-11(14-7-8)15-10-4-2-9(13)3-5-10/h1-7H,(H,14,15). The van der Waals surface area contributed by atoms with Crippen LogP contribution in [-0.2, 0) is 0 Å². The van der Waals surface area contributed by atoms with Gasteiger partial charge >= 0.3 is 0 Å². The van der Waals surface area contributed by atoms with Crippen molar-refractivity contribution >= 4 is 39.0 Å². The Balaban J connectivity index is 2.15. The molecule has 76 valence electrons. The van der Waals surface area contributed by atoms with Crippen molar-refractivity contribution in [2.24, 2.45) is 0 Å². The van der Waals surface area contributed by atoms with Crippen LogP contribution < -0.4 is 5.32 Å². The Bertz CT molecular complexity index is 396. The lowest BCUT2D eigenvalue weighted by Crippen LogP contribution is -1.92. The van der Waals surface area contributed by atoms with Gasteiger partial charge in [-0.2, -0.15) is 0 Å². The second-order valence-corrected chi connectivity index (χ2v) is 4.35. The van der Waals surface area contributed by atoms with Crippen LogP contribution in [0.25, 0.3) is 0 Å². The molecule has 0 bridgehead atoms. The first-order chi connectivity index (χ1) is 7.24. The highest BCUT2D eigenvalue weighted by molar-refractivity contribution is 9.10. The smallest absolute Gasteiger partial charge is 0.130 e. The van der Waals surface area contributed by atoms with Crippen molar-refractivity contribution in [3.8, 4) is 0 Å². The van der Waals surface area contributed by atoms with Crippen LogP contribution >= 0.6 is 27.5 Å². The van der Waals surface area contributed by atoms with Crippen LogP contribution in [0.4, 0.5) is 11.5 Å². The fourth-order valence-corrected chi connectivity index (χ4v) is 1.49.